The van der Waals surface area contributed by atoms with Crippen LogP contribution in [0.15, 0.2) is 78.9 Å². The molecule has 158 valence electrons. The molecule has 0 spiro atoms. The molecule has 1 amide bonds. The van der Waals surface area contributed by atoms with Gasteiger partial charge in [0.05, 0.1) is 28.2 Å². The van der Waals surface area contributed by atoms with E-state index >= 15 is 0 Å². The number of halogens is 3. The molecule has 0 aliphatic carbocycles. The maximum absolute atomic E-state index is 13.4. The summed E-state index contributed by atoms with van der Waals surface area (Å²) < 4.78 is 42.1. The van der Waals surface area contributed by atoms with Gasteiger partial charge < -0.3 is 9.88 Å². The lowest BCUT2D eigenvalue weighted by Crippen LogP contribution is -2.32. The highest BCUT2D eigenvalue weighted by Gasteiger charge is 2.35. The predicted octanol–water partition coefficient (Wildman–Crippen LogP) is 5.31. The van der Waals surface area contributed by atoms with E-state index in [0.717, 1.165) is 28.5 Å². The number of hydrogen-bond acceptors (Lipinski definition) is 2. The van der Waals surface area contributed by atoms with E-state index in [-0.39, 0.29) is 0 Å². The number of aryl methyl sites for hydroxylation is 1. The van der Waals surface area contributed by atoms with Crippen LogP contribution in [-0.2, 0) is 19.6 Å². The highest BCUT2D eigenvalue weighted by Crippen LogP contribution is 2.32. The molecular weight excluding hydrogens is 403 g/mol. The monoisotopic (exact) mass is 423 g/mol. The summed E-state index contributed by atoms with van der Waals surface area (Å²) in [5.74, 6) is -0.0556. The molecule has 0 aliphatic rings. The number of nitrogens with zero attached hydrogens (tertiary/aromatic N) is 2. The van der Waals surface area contributed by atoms with Gasteiger partial charge in [-0.1, -0.05) is 54.6 Å². The largest absolute Gasteiger partial charge is 0.417 e. The third-order valence-corrected chi connectivity index (χ3v) is 5.25. The molecule has 1 unspecified atom stereocenters. The molecule has 1 aromatic heterocycles. The minimum Gasteiger partial charge on any atom is -0.345 e. The lowest BCUT2D eigenvalue weighted by atomic mass is 10.0. The Morgan fingerprint density at radius 3 is 2.32 bits per heavy atom. The van der Waals surface area contributed by atoms with E-state index in [1.54, 1.807) is 0 Å². The molecule has 1 atom stereocenters. The summed E-state index contributed by atoms with van der Waals surface area (Å²) in [5.41, 5.74) is 1.19. The van der Waals surface area contributed by atoms with Gasteiger partial charge >= 0.3 is 6.18 Å². The van der Waals surface area contributed by atoms with Crippen LogP contribution in [-0.4, -0.2) is 15.5 Å². The van der Waals surface area contributed by atoms with Gasteiger partial charge in [0.25, 0.3) is 5.91 Å². The first kappa shape index (κ1) is 20.7. The average molecular weight is 423 g/mol. The maximum atomic E-state index is 13.4. The quantitative estimate of drug-likeness (QED) is 0.473. The second-order valence-corrected chi connectivity index (χ2v) is 7.26. The van der Waals surface area contributed by atoms with Gasteiger partial charge in [-0.15, -0.1) is 0 Å². The number of benzene rings is 3. The van der Waals surface area contributed by atoms with Crippen molar-refractivity contribution in [1.82, 2.24) is 14.9 Å². The highest BCUT2D eigenvalue weighted by molar-refractivity contribution is 5.96. The Morgan fingerprint density at radius 1 is 0.968 bits per heavy atom. The third-order valence-electron chi connectivity index (χ3n) is 5.25. The van der Waals surface area contributed by atoms with E-state index in [0.29, 0.717) is 6.42 Å². The number of imidazole rings is 1. The van der Waals surface area contributed by atoms with Gasteiger partial charge in [-0.3, -0.25) is 4.79 Å². The van der Waals surface area contributed by atoms with Gasteiger partial charge in [-0.2, -0.15) is 13.2 Å². The van der Waals surface area contributed by atoms with Gasteiger partial charge in [0.15, 0.2) is 0 Å². The second-order valence-electron chi connectivity index (χ2n) is 7.26. The molecule has 1 N–H and O–H groups in total. The molecule has 7 heteroatoms. The van der Waals surface area contributed by atoms with Crippen LogP contribution in [0.4, 0.5) is 13.2 Å². The van der Waals surface area contributed by atoms with Gasteiger partial charge in [0.2, 0.25) is 0 Å². The number of hydrogen-bond donors (Lipinski definition) is 1. The maximum Gasteiger partial charge on any atom is 0.417 e. The fourth-order valence-electron chi connectivity index (χ4n) is 3.66. The predicted molar refractivity (Wildman–Crippen MR) is 113 cm³/mol. The number of nitrogens with one attached hydrogen (secondary N) is 1. The van der Waals surface area contributed by atoms with E-state index in [1.165, 1.54) is 18.2 Å². The Morgan fingerprint density at radius 2 is 1.61 bits per heavy atom. The van der Waals surface area contributed by atoms with Crippen molar-refractivity contribution < 1.29 is 18.0 Å². The lowest BCUT2D eigenvalue weighted by Gasteiger charge is -2.20. The molecular formula is C24H20F3N3O. The minimum absolute atomic E-state index is 0.328. The zero-order valence-electron chi connectivity index (χ0n) is 16.7. The van der Waals surface area contributed by atoms with Gasteiger partial charge in [-0.25, -0.2) is 4.98 Å². The van der Waals surface area contributed by atoms with Crippen molar-refractivity contribution in [3.63, 3.8) is 0 Å². The van der Waals surface area contributed by atoms with Crippen LogP contribution in [0.25, 0.3) is 11.0 Å². The van der Waals surface area contributed by atoms with Crippen LogP contribution in [0.2, 0.25) is 0 Å². The molecule has 31 heavy (non-hydrogen) atoms. The Kier molecular flexibility index (Phi) is 5.50. The van der Waals surface area contributed by atoms with E-state index in [2.05, 4.69) is 10.3 Å². The number of aromatic nitrogens is 2. The zero-order chi connectivity index (χ0) is 22.0. The SMILES string of the molecule is Cn1c(CC(NC(=O)c2ccccc2C(F)(F)F)c2ccccc2)nc2ccccc21. The molecule has 0 radical (unpaired) electrons. The summed E-state index contributed by atoms with van der Waals surface area (Å²) in [6.45, 7) is 0. The van der Waals surface area contributed by atoms with Gasteiger partial charge in [0, 0.05) is 13.5 Å². The Balaban J connectivity index is 1.68. The first-order chi connectivity index (χ1) is 14.8. The normalized spacial score (nSPS) is 12.6. The molecule has 3 aromatic carbocycles. The number of amides is 1. The van der Waals surface area contributed by atoms with E-state index in [1.807, 2.05) is 66.2 Å². The first-order valence-corrected chi connectivity index (χ1v) is 9.77. The van der Waals surface area contributed by atoms with Crippen LogP contribution in [0.1, 0.15) is 33.4 Å². The molecule has 0 bridgehead atoms. The highest BCUT2D eigenvalue weighted by atomic mass is 19.4. The smallest absolute Gasteiger partial charge is 0.345 e. The van der Waals surface area contributed by atoms with Crippen LogP contribution in [0.3, 0.4) is 0 Å². The minimum atomic E-state index is -4.62. The number of carbonyl (C=O) groups is 1. The number of alkyl halides is 3. The first-order valence-electron chi connectivity index (χ1n) is 9.77. The number of rotatable bonds is 5. The molecule has 0 aliphatic heterocycles. The Hall–Kier alpha value is -3.61. The number of fused-ring (bicyclic) bond motifs is 1. The van der Waals surface area contributed by atoms with Gasteiger partial charge in [0.1, 0.15) is 5.82 Å². The van der Waals surface area contributed by atoms with Crippen molar-refractivity contribution in [1.29, 1.82) is 0 Å². The molecule has 0 fully saturated rings. The molecule has 0 saturated carbocycles. The summed E-state index contributed by atoms with van der Waals surface area (Å²) in [6, 6.07) is 21.1. The summed E-state index contributed by atoms with van der Waals surface area (Å²) in [7, 11) is 1.88. The van der Waals surface area contributed by atoms with Crippen LogP contribution < -0.4 is 5.32 Å². The fourth-order valence-corrected chi connectivity index (χ4v) is 3.66. The van der Waals surface area contributed by atoms with E-state index in [9.17, 15) is 18.0 Å². The van der Waals surface area contributed by atoms with Crippen molar-refractivity contribution in [3.8, 4) is 0 Å². The van der Waals surface area contributed by atoms with Crippen molar-refractivity contribution in [2.75, 3.05) is 0 Å². The molecule has 4 nitrogen and oxygen atoms in total. The Labute approximate surface area is 177 Å². The molecule has 4 rings (SSSR count). The summed E-state index contributed by atoms with van der Waals surface area (Å²) in [4.78, 5) is 17.6. The van der Waals surface area contributed by atoms with Gasteiger partial charge in [-0.05, 0) is 29.8 Å². The van der Waals surface area contributed by atoms with E-state index in [4.69, 9.17) is 0 Å². The third kappa shape index (κ3) is 4.30. The molecule has 0 saturated heterocycles. The number of para-hydroxylation sites is 2. The van der Waals surface area contributed by atoms with Crippen molar-refractivity contribution >= 4 is 16.9 Å². The van der Waals surface area contributed by atoms with Crippen LogP contribution in [0, 0.1) is 0 Å². The zero-order valence-corrected chi connectivity index (χ0v) is 16.7. The van der Waals surface area contributed by atoms with Crippen molar-refractivity contribution in [2.45, 2.75) is 18.6 Å². The molecule has 1 heterocycles. The van der Waals surface area contributed by atoms with Crippen LogP contribution in [0.5, 0.6) is 0 Å². The molecule has 4 aromatic rings. The lowest BCUT2D eigenvalue weighted by molar-refractivity contribution is -0.137. The second kappa shape index (κ2) is 8.26. The number of carbonyl (C=O) groups excluding carboxylic acids is 1. The summed E-state index contributed by atoms with van der Waals surface area (Å²) in [6.07, 6.45) is -4.29. The fraction of sp³-hybridized carbons (Fsp3) is 0.167. The average Bonchev–Trinajstić information content (AvgIpc) is 3.09. The van der Waals surface area contributed by atoms with Crippen molar-refractivity contribution in [3.05, 3.63) is 101 Å². The topological polar surface area (TPSA) is 46.9 Å². The summed E-state index contributed by atoms with van der Waals surface area (Å²) >= 11 is 0. The standard InChI is InChI=1S/C24H20F3N3O/c1-30-21-14-8-7-13-19(21)28-22(30)15-20(16-9-3-2-4-10-16)29-23(31)17-11-5-6-12-18(17)24(25,26)27/h2-14,20H,15H2,1H3,(H,29,31). The summed E-state index contributed by atoms with van der Waals surface area (Å²) in [5, 5.41) is 2.79. The Bertz CT molecular complexity index is 1220. The van der Waals surface area contributed by atoms with Crippen LogP contribution >= 0.6 is 0 Å². The van der Waals surface area contributed by atoms with Crippen molar-refractivity contribution in [2.24, 2.45) is 7.05 Å². The van der Waals surface area contributed by atoms with E-state index < -0.39 is 29.3 Å².